The maximum atomic E-state index is 13.3. The Kier molecular flexibility index (Phi) is 6.37. The van der Waals surface area contributed by atoms with Crippen LogP contribution in [0.15, 0.2) is 36.4 Å². The van der Waals surface area contributed by atoms with Crippen molar-refractivity contribution in [2.24, 2.45) is 5.41 Å². The molecule has 0 radical (unpaired) electrons. The number of likely N-dealkylation sites (tertiary alicyclic amines) is 1. The molecular formula is C25H30N2O5. The average molecular weight is 439 g/mol. The van der Waals surface area contributed by atoms with E-state index in [1.54, 1.807) is 12.1 Å². The first-order chi connectivity index (χ1) is 15.4. The van der Waals surface area contributed by atoms with E-state index in [1.807, 2.05) is 36.1 Å². The molecule has 2 aromatic carbocycles. The Morgan fingerprint density at radius 1 is 1.12 bits per heavy atom. The number of aryl methyl sites for hydroxylation is 1. The quantitative estimate of drug-likeness (QED) is 0.748. The number of ether oxygens (including phenoxy) is 3. The fraction of sp³-hybridized carbons (Fsp3) is 0.440. The Bertz CT molecular complexity index is 996. The van der Waals surface area contributed by atoms with E-state index in [1.165, 1.54) is 14.2 Å². The number of rotatable bonds is 6. The summed E-state index contributed by atoms with van der Waals surface area (Å²) in [5.74, 6) is 0.524. The van der Waals surface area contributed by atoms with Crippen LogP contribution in [0.5, 0.6) is 11.5 Å². The number of benzene rings is 2. The molecule has 2 fully saturated rings. The van der Waals surface area contributed by atoms with Crippen LogP contribution in [0.4, 0.5) is 5.69 Å². The Balaban J connectivity index is 1.55. The molecule has 7 nitrogen and oxygen atoms in total. The van der Waals surface area contributed by atoms with Crippen LogP contribution in [0, 0.1) is 12.3 Å². The predicted molar refractivity (Wildman–Crippen MR) is 121 cm³/mol. The first-order valence-electron chi connectivity index (χ1n) is 10.9. The van der Waals surface area contributed by atoms with Gasteiger partial charge in [-0.3, -0.25) is 9.59 Å². The lowest BCUT2D eigenvalue weighted by molar-refractivity contribution is -0.115. The molecule has 2 aromatic rings. The van der Waals surface area contributed by atoms with Gasteiger partial charge in [0.05, 0.1) is 32.9 Å². The Morgan fingerprint density at radius 2 is 1.91 bits per heavy atom. The van der Waals surface area contributed by atoms with Crippen molar-refractivity contribution in [1.82, 2.24) is 4.90 Å². The Labute approximate surface area is 188 Å². The number of anilines is 1. The van der Waals surface area contributed by atoms with E-state index >= 15 is 0 Å². The summed E-state index contributed by atoms with van der Waals surface area (Å²) in [5.41, 5.74) is 3.01. The standard InChI is InChI=1S/C25H30N2O5/c1-17-4-6-18(7-5-17)12-22(28)26-20-13-19(14-21(30-2)23(20)31-3)24(29)27-10-8-25(15-27)9-11-32-16-25/h4-7,13-14H,8-12,15-16H2,1-3H3,(H,26,28). The Hall–Kier alpha value is -3.06. The first kappa shape index (κ1) is 22.1. The van der Waals surface area contributed by atoms with Gasteiger partial charge in [-0.05, 0) is 37.5 Å². The fourth-order valence-corrected chi connectivity index (χ4v) is 4.53. The van der Waals surface area contributed by atoms with E-state index in [-0.39, 0.29) is 23.7 Å². The van der Waals surface area contributed by atoms with Crippen molar-refractivity contribution in [3.63, 3.8) is 0 Å². The minimum Gasteiger partial charge on any atom is -0.493 e. The van der Waals surface area contributed by atoms with Gasteiger partial charge in [0.1, 0.15) is 0 Å². The van der Waals surface area contributed by atoms with Crippen LogP contribution in [0.2, 0.25) is 0 Å². The monoisotopic (exact) mass is 438 g/mol. The van der Waals surface area contributed by atoms with Crippen molar-refractivity contribution in [3.05, 3.63) is 53.1 Å². The molecule has 1 spiro atoms. The number of carbonyl (C=O) groups is 2. The second kappa shape index (κ2) is 9.20. The third-order valence-corrected chi connectivity index (χ3v) is 6.40. The molecule has 4 rings (SSSR count). The molecule has 0 aromatic heterocycles. The highest BCUT2D eigenvalue weighted by atomic mass is 16.5. The van der Waals surface area contributed by atoms with Crippen molar-refractivity contribution in [2.45, 2.75) is 26.2 Å². The lowest BCUT2D eigenvalue weighted by Gasteiger charge is -2.23. The molecule has 2 aliphatic heterocycles. The Morgan fingerprint density at radius 3 is 2.56 bits per heavy atom. The molecule has 0 bridgehead atoms. The number of hydrogen-bond donors (Lipinski definition) is 1. The van der Waals surface area contributed by atoms with Crippen LogP contribution < -0.4 is 14.8 Å². The normalized spacial score (nSPS) is 19.9. The minimum atomic E-state index is -0.193. The predicted octanol–water partition coefficient (Wildman–Crippen LogP) is 3.45. The molecule has 2 amide bonds. The molecule has 2 aliphatic rings. The number of carbonyl (C=O) groups excluding carboxylic acids is 2. The topological polar surface area (TPSA) is 77.1 Å². The fourth-order valence-electron chi connectivity index (χ4n) is 4.53. The van der Waals surface area contributed by atoms with Gasteiger partial charge in [-0.25, -0.2) is 0 Å². The number of amides is 2. The molecule has 0 aliphatic carbocycles. The zero-order chi connectivity index (χ0) is 22.7. The summed E-state index contributed by atoms with van der Waals surface area (Å²) < 4.78 is 16.5. The van der Waals surface area contributed by atoms with E-state index in [0.29, 0.717) is 42.4 Å². The lowest BCUT2D eigenvalue weighted by Crippen LogP contribution is -2.32. The van der Waals surface area contributed by atoms with Crippen LogP contribution in [0.1, 0.15) is 34.3 Å². The van der Waals surface area contributed by atoms with Gasteiger partial charge in [0.15, 0.2) is 11.5 Å². The van der Waals surface area contributed by atoms with E-state index in [2.05, 4.69) is 5.32 Å². The van der Waals surface area contributed by atoms with Gasteiger partial charge in [-0.2, -0.15) is 0 Å². The van der Waals surface area contributed by atoms with Crippen LogP contribution in [0.25, 0.3) is 0 Å². The van der Waals surface area contributed by atoms with E-state index in [4.69, 9.17) is 14.2 Å². The van der Waals surface area contributed by atoms with Crippen LogP contribution >= 0.6 is 0 Å². The maximum Gasteiger partial charge on any atom is 0.254 e. The van der Waals surface area contributed by atoms with Gasteiger partial charge in [-0.1, -0.05) is 29.8 Å². The molecule has 170 valence electrons. The largest absolute Gasteiger partial charge is 0.493 e. The summed E-state index contributed by atoms with van der Waals surface area (Å²) in [6.07, 6.45) is 2.16. The van der Waals surface area contributed by atoms with Crippen molar-refractivity contribution in [2.75, 3.05) is 45.8 Å². The number of nitrogens with one attached hydrogen (secondary N) is 1. The lowest BCUT2D eigenvalue weighted by atomic mass is 9.87. The summed E-state index contributed by atoms with van der Waals surface area (Å²) in [7, 11) is 3.03. The van der Waals surface area contributed by atoms with Crippen molar-refractivity contribution < 1.29 is 23.8 Å². The van der Waals surface area contributed by atoms with Crippen molar-refractivity contribution in [1.29, 1.82) is 0 Å². The van der Waals surface area contributed by atoms with E-state index in [9.17, 15) is 9.59 Å². The van der Waals surface area contributed by atoms with E-state index in [0.717, 1.165) is 30.6 Å². The SMILES string of the molecule is COc1cc(C(=O)N2CCC3(CCOC3)C2)cc(NC(=O)Cc2ccc(C)cc2)c1OC. The van der Waals surface area contributed by atoms with Crippen LogP contribution in [0.3, 0.4) is 0 Å². The zero-order valence-corrected chi connectivity index (χ0v) is 18.9. The summed E-state index contributed by atoms with van der Waals surface area (Å²) in [4.78, 5) is 27.9. The third-order valence-electron chi connectivity index (χ3n) is 6.40. The van der Waals surface area contributed by atoms with Gasteiger partial charge < -0.3 is 24.4 Å². The number of methoxy groups -OCH3 is 2. The molecule has 0 saturated carbocycles. The molecule has 2 saturated heterocycles. The molecule has 32 heavy (non-hydrogen) atoms. The summed E-state index contributed by atoms with van der Waals surface area (Å²) in [6, 6.07) is 11.2. The van der Waals surface area contributed by atoms with Crippen molar-refractivity contribution >= 4 is 17.5 Å². The highest BCUT2D eigenvalue weighted by molar-refractivity contribution is 6.00. The summed E-state index contributed by atoms with van der Waals surface area (Å²) in [5, 5.41) is 2.90. The average Bonchev–Trinajstić information content (AvgIpc) is 3.43. The highest BCUT2D eigenvalue weighted by Gasteiger charge is 2.43. The van der Waals surface area contributed by atoms with Gasteiger partial charge in [-0.15, -0.1) is 0 Å². The van der Waals surface area contributed by atoms with Gasteiger partial charge in [0.25, 0.3) is 5.91 Å². The number of hydrogen-bond acceptors (Lipinski definition) is 5. The second-order valence-corrected chi connectivity index (χ2v) is 8.75. The molecule has 2 heterocycles. The minimum absolute atomic E-state index is 0.0799. The third kappa shape index (κ3) is 4.58. The van der Waals surface area contributed by atoms with Crippen molar-refractivity contribution in [3.8, 4) is 11.5 Å². The zero-order valence-electron chi connectivity index (χ0n) is 18.9. The smallest absolute Gasteiger partial charge is 0.254 e. The summed E-state index contributed by atoms with van der Waals surface area (Å²) >= 11 is 0. The second-order valence-electron chi connectivity index (χ2n) is 8.75. The highest BCUT2D eigenvalue weighted by Crippen LogP contribution is 2.40. The molecule has 1 N–H and O–H groups in total. The van der Waals surface area contributed by atoms with Crippen LogP contribution in [-0.2, 0) is 16.0 Å². The molecule has 1 atom stereocenters. The number of nitrogens with zero attached hydrogens (tertiary/aromatic N) is 1. The summed E-state index contributed by atoms with van der Waals surface area (Å²) in [6.45, 7) is 4.87. The van der Waals surface area contributed by atoms with Gasteiger partial charge in [0.2, 0.25) is 5.91 Å². The molecular weight excluding hydrogens is 408 g/mol. The molecule has 7 heteroatoms. The molecule has 1 unspecified atom stereocenters. The maximum absolute atomic E-state index is 13.3. The van der Waals surface area contributed by atoms with E-state index < -0.39 is 0 Å². The van der Waals surface area contributed by atoms with Gasteiger partial charge >= 0.3 is 0 Å². The van der Waals surface area contributed by atoms with Gasteiger partial charge in [0, 0.05) is 30.7 Å². The van der Waals surface area contributed by atoms with Crippen LogP contribution in [-0.4, -0.2) is 57.2 Å². The first-order valence-corrected chi connectivity index (χ1v) is 10.9.